The lowest BCUT2D eigenvalue weighted by atomic mass is 9.86. The summed E-state index contributed by atoms with van der Waals surface area (Å²) in [4.78, 5) is 25.6. The van der Waals surface area contributed by atoms with Crippen LogP contribution in [0.3, 0.4) is 0 Å². The van der Waals surface area contributed by atoms with Crippen molar-refractivity contribution in [3.8, 4) is 0 Å². The molecular weight excluding hydrogens is 567 g/mol. The largest absolute Gasteiger partial charge is 0.362 e. The van der Waals surface area contributed by atoms with Crippen molar-refractivity contribution >= 4 is 21.7 Å². The molecule has 3 aromatic rings. The summed E-state index contributed by atoms with van der Waals surface area (Å²) in [6.45, 7) is 14.0. The van der Waals surface area contributed by atoms with Crippen LogP contribution in [-0.4, -0.2) is 42.4 Å². The van der Waals surface area contributed by atoms with Crippen LogP contribution in [0.5, 0.6) is 0 Å². The summed E-state index contributed by atoms with van der Waals surface area (Å²) in [5, 5.41) is 6.50. The summed E-state index contributed by atoms with van der Waals surface area (Å²) in [7, 11) is -4.41. The summed E-state index contributed by atoms with van der Waals surface area (Å²) in [6, 6.07) is 11.2. The normalized spacial score (nSPS) is 16.9. The monoisotopic (exact) mass is 610 g/mol. The number of hydrogen-bond donors (Lipinski definition) is 3. The Balaban J connectivity index is 1.56. The van der Waals surface area contributed by atoms with Gasteiger partial charge in [-0.3, -0.25) is 9.78 Å². The first-order valence-electron chi connectivity index (χ1n) is 14.8. The van der Waals surface area contributed by atoms with Crippen molar-refractivity contribution in [2.45, 2.75) is 89.1 Å². The number of pyridine rings is 3. The maximum atomic E-state index is 14.7. The standard InChI is InChI=1S/C32H43FN6O3S/c1-31(2,3)22-16-18-35-25(19-22)24(14-12-21-9-8-17-34-20-21)36-27-10-7-11-28(38-27)43(41,42)39-30(40)23-13-15-26(32(4,5)6)37-29(23)33/h7,10-11,13,15-16,18-19,21,24,34H,8-9,12,14,17,20H2,1-6H3,(H,36,38)(H,39,40)/t21-,24?/m1/s1. The molecule has 43 heavy (non-hydrogen) atoms. The number of rotatable bonds is 9. The highest BCUT2D eigenvalue weighted by Crippen LogP contribution is 2.30. The topological polar surface area (TPSA) is 126 Å². The first-order valence-corrected chi connectivity index (χ1v) is 16.3. The summed E-state index contributed by atoms with van der Waals surface area (Å²) >= 11 is 0. The van der Waals surface area contributed by atoms with Crippen LogP contribution in [0.2, 0.25) is 0 Å². The molecule has 1 aliphatic rings. The van der Waals surface area contributed by atoms with Gasteiger partial charge >= 0.3 is 0 Å². The zero-order chi connectivity index (χ0) is 31.4. The number of nitrogens with zero attached hydrogens (tertiary/aromatic N) is 3. The fourth-order valence-electron chi connectivity index (χ4n) is 5.05. The van der Waals surface area contributed by atoms with Gasteiger partial charge in [0, 0.05) is 17.3 Å². The van der Waals surface area contributed by atoms with Crippen molar-refractivity contribution in [3.63, 3.8) is 0 Å². The quantitative estimate of drug-likeness (QED) is 0.265. The van der Waals surface area contributed by atoms with Crippen LogP contribution >= 0.6 is 0 Å². The summed E-state index contributed by atoms with van der Waals surface area (Å²) in [6.07, 6.45) is 5.86. The zero-order valence-corrected chi connectivity index (χ0v) is 26.7. The van der Waals surface area contributed by atoms with E-state index in [0.29, 0.717) is 17.4 Å². The smallest absolute Gasteiger partial charge is 0.281 e. The van der Waals surface area contributed by atoms with Crippen LogP contribution in [0.1, 0.15) is 101 Å². The van der Waals surface area contributed by atoms with E-state index in [2.05, 4.69) is 52.4 Å². The predicted molar refractivity (Wildman–Crippen MR) is 166 cm³/mol. The second-order valence-corrected chi connectivity index (χ2v) is 14.9. The fraction of sp³-hybridized carbons (Fsp3) is 0.500. The molecule has 1 aliphatic heterocycles. The highest BCUT2D eigenvalue weighted by atomic mass is 32.2. The molecule has 232 valence electrons. The zero-order valence-electron chi connectivity index (χ0n) is 25.9. The van der Waals surface area contributed by atoms with Crippen LogP contribution in [0, 0.1) is 11.9 Å². The van der Waals surface area contributed by atoms with Crippen molar-refractivity contribution in [1.29, 1.82) is 0 Å². The number of nitrogens with one attached hydrogen (secondary N) is 3. The minimum absolute atomic E-state index is 0.0674. The van der Waals surface area contributed by atoms with Gasteiger partial charge in [0.15, 0.2) is 5.03 Å². The molecule has 4 rings (SSSR count). The van der Waals surface area contributed by atoms with Gasteiger partial charge in [-0.05, 0) is 92.1 Å². The van der Waals surface area contributed by atoms with Gasteiger partial charge < -0.3 is 10.6 Å². The molecular formula is C32H43FN6O3S. The molecule has 3 N–H and O–H groups in total. The van der Waals surface area contributed by atoms with Crippen LogP contribution in [0.15, 0.2) is 53.7 Å². The number of aromatic nitrogens is 3. The Bertz CT molecular complexity index is 1540. The van der Waals surface area contributed by atoms with Gasteiger partial charge in [-0.15, -0.1) is 0 Å². The number of anilines is 1. The third-order valence-electron chi connectivity index (χ3n) is 7.68. The van der Waals surface area contributed by atoms with Gasteiger partial charge in [0.05, 0.1) is 17.3 Å². The summed E-state index contributed by atoms with van der Waals surface area (Å²) in [5.74, 6) is -1.28. The molecule has 11 heteroatoms. The molecule has 2 atom stereocenters. The number of halogens is 1. The molecule has 0 bridgehead atoms. The Labute approximate surface area is 254 Å². The molecule has 9 nitrogen and oxygen atoms in total. The maximum absolute atomic E-state index is 14.7. The van der Waals surface area contributed by atoms with Crippen molar-refractivity contribution in [2.24, 2.45) is 5.92 Å². The molecule has 3 aromatic heterocycles. The maximum Gasteiger partial charge on any atom is 0.281 e. The fourth-order valence-corrected chi connectivity index (χ4v) is 5.98. The number of piperidine rings is 1. The molecule has 1 unspecified atom stereocenters. The minimum Gasteiger partial charge on any atom is -0.362 e. The lowest BCUT2D eigenvalue weighted by molar-refractivity contribution is 0.0976. The molecule has 4 heterocycles. The summed E-state index contributed by atoms with van der Waals surface area (Å²) in [5.41, 5.74) is 1.47. The number of carbonyl (C=O) groups is 1. The van der Waals surface area contributed by atoms with Gasteiger partial charge in [-0.25, -0.2) is 14.7 Å². The van der Waals surface area contributed by atoms with Crippen LogP contribution in [-0.2, 0) is 20.9 Å². The first kappa shape index (κ1) is 32.5. The number of sulfonamides is 1. The van der Waals surface area contributed by atoms with E-state index in [0.717, 1.165) is 50.0 Å². The molecule has 0 spiro atoms. The molecule has 0 aliphatic carbocycles. The van der Waals surface area contributed by atoms with Crippen LogP contribution in [0.25, 0.3) is 0 Å². The van der Waals surface area contributed by atoms with Gasteiger partial charge in [-0.2, -0.15) is 12.8 Å². The molecule has 0 radical (unpaired) electrons. The number of hydrogen-bond acceptors (Lipinski definition) is 8. The van der Waals surface area contributed by atoms with E-state index in [1.807, 2.05) is 31.6 Å². The predicted octanol–water partition coefficient (Wildman–Crippen LogP) is 5.66. The van der Waals surface area contributed by atoms with Gasteiger partial charge in [0.2, 0.25) is 5.95 Å². The number of amides is 1. The Morgan fingerprint density at radius 3 is 2.49 bits per heavy atom. The molecule has 1 fully saturated rings. The Kier molecular flexibility index (Phi) is 9.86. The van der Waals surface area contributed by atoms with E-state index in [-0.39, 0.29) is 16.5 Å². The van der Waals surface area contributed by atoms with E-state index in [1.54, 1.807) is 18.3 Å². The Morgan fingerprint density at radius 1 is 1.07 bits per heavy atom. The average molecular weight is 611 g/mol. The SMILES string of the molecule is CC(C)(C)c1ccnc(C(CC[C@H]2CCCNC2)Nc2cccc(S(=O)(=O)NC(=O)c3ccc(C(C)(C)C)nc3F)n2)c1. The van der Waals surface area contributed by atoms with E-state index in [4.69, 9.17) is 0 Å². The molecule has 1 saturated heterocycles. The van der Waals surface area contributed by atoms with Gasteiger partial charge in [0.1, 0.15) is 5.82 Å². The minimum atomic E-state index is -4.41. The van der Waals surface area contributed by atoms with Crippen molar-refractivity contribution in [1.82, 2.24) is 25.0 Å². The second kappa shape index (κ2) is 13.1. The van der Waals surface area contributed by atoms with Gasteiger partial charge in [-0.1, -0.05) is 47.6 Å². The van der Waals surface area contributed by atoms with E-state index in [1.165, 1.54) is 18.2 Å². The molecule has 0 aromatic carbocycles. The third-order valence-corrected chi connectivity index (χ3v) is 8.91. The van der Waals surface area contributed by atoms with E-state index < -0.39 is 32.9 Å². The van der Waals surface area contributed by atoms with Gasteiger partial charge in [0.25, 0.3) is 15.9 Å². The summed E-state index contributed by atoms with van der Waals surface area (Å²) < 4.78 is 42.9. The van der Waals surface area contributed by atoms with E-state index in [9.17, 15) is 17.6 Å². The third kappa shape index (κ3) is 8.57. The van der Waals surface area contributed by atoms with Crippen molar-refractivity contribution < 1.29 is 17.6 Å². The van der Waals surface area contributed by atoms with Crippen molar-refractivity contribution in [2.75, 3.05) is 18.4 Å². The highest BCUT2D eigenvalue weighted by Gasteiger charge is 2.26. The molecule has 0 saturated carbocycles. The average Bonchev–Trinajstić information content (AvgIpc) is 2.94. The lowest BCUT2D eigenvalue weighted by Crippen LogP contribution is -2.32. The lowest BCUT2D eigenvalue weighted by Gasteiger charge is -2.27. The second-order valence-electron chi connectivity index (χ2n) is 13.3. The van der Waals surface area contributed by atoms with Crippen molar-refractivity contribution in [3.05, 3.63) is 77.1 Å². The van der Waals surface area contributed by atoms with Crippen LogP contribution < -0.4 is 15.4 Å². The van der Waals surface area contributed by atoms with E-state index >= 15 is 0 Å². The first-order chi connectivity index (χ1) is 20.1. The Hall–Kier alpha value is -3.44. The van der Waals surface area contributed by atoms with Crippen LogP contribution in [0.4, 0.5) is 10.2 Å². The Morgan fingerprint density at radius 2 is 1.84 bits per heavy atom. The number of carbonyl (C=O) groups excluding carboxylic acids is 1. The highest BCUT2D eigenvalue weighted by molar-refractivity contribution is 7.90. The molecule has 1 amide bonds.